The number of nitrogens with one attached hydrogen (secondary N) is 1. The van der Waals surface area contributed by atoms with Gasteiger partial charge < -0.3 is 5.32 Å². The van der Waals surface area contributed by atoms with Gasteiger partial charge in [-0.15, -0.1) is 12.4 Å². The Morgan fingerprint density at radius 2 is 1.00 bits per heavy atom. The number of halogens is 1. The van der Waals surface area contributed by atoms with Gasteiger partial charge in [0.2, 0.25) is 0 Å². The minimum Gasteiger partial charge on any atom is -0.317 e. The molecule has 1 N–H and O–H groups in total. The highest BCUT2D eigenvalue weighted by Crippen LogP contribution is 2.26. The van der Waals surface area contributed by atoms with Crippen LogP contribution in [0, 0.1) is 22.7 Å². The van der Waals surface area contributed by atoms with Gasteiger partial charge in [-0.1, -0.05) is 55.4 Å². The molecule has 0 fully saturated rings. The fourth-order valence-corrected chi connectivity index (χ4v) is 3.12. The standard InChI is InChI=1S/C18H39N.ClH/c1-15(13-17(3,4)5)9-11-19-12-10-16(2)14-18(6,7)8;/h15-16,19H,9-14H2,1-8H3;1H. The van der Waals surface area contributed by atoms with E-state index in [1.807, 2.05) is 0 Å². The third-order valence-electron chi connectivity index (χ3n) is 3.55. The summed E-state index contributed by atoms with van der Waals surface area (Å²) in [5.41, 5.74) is 0.946. The maximum absolute atomic E-state index is 3.62. The summed E-state index contributed by atoms with van der Waals surface area (Å²) in [4.78, 5) is 0. The first-order chi connectivity index (χ1) is 8.49. The van der Waals surface area contributed by atoms with Crippen molar-refractivity contribution in [1.82, 2.24) is 5.32 Å². The van der Waals surface area contributed by atoms with Crippen LogP contribution in [0.1, 0.15) is 81.1 Å². The molecular weight excluding hydrogens is 266 g/mol. The Kier molecular flexibility index (Phi) is 11.3. The summed E-state index contributed by atoms with van der Waals surface area (Å²) >= 11 is 0. The lowest BCUT2D eigenvalue weighted by atomic mass is 9.84. The number of hydrogen-bond donors (Lipinski definition) is 1. The summed E-state index contributed by atoms with van der Waals surface area (Å²) in [6, 6.07) is 0. The largest absolute Gasteiger partial charge is 0.317 e. The van der Waals surface area contributed by atoms with Gasteiger partial charge in [0.05, 0.1) is 0 Å². The van der Waals surface area contributed by atoms with E-state index in [-0.39, 0.29) is 12.4 Å². The lowest BCUT2D eigenvalue weighted by Crippen LogP contribution is -2.23. The van der Waals surface area contributed by atoms with E-state index >= 15 is 0 Å². The smallest absolute Gasteiger partial charge is 0.00464 e. The quantitative estimate of drug-likeness (QED) is 0.549. The van der Waals surface area contributed by atoms with Crippen LogP contribution in [0.2, 0.25) is 0 Å². The Labute approximate surface area is 135 Å². The van der Waals surface area contributed by atoms with E-state index in [2.05, 4.69) is 60.7 Å². The predicted molar refractivity (Wildman–Crippen MR) is 95.8 cm³/mol. The van der Waals surface area contributed by atoms with Gasteiger partial charge in [-0.25, -0.2) is 0 Å². The molecule has 0 aromatic heterocycles. The van der Waals surface area contributed by atoms with Crippen LogP contribution < -0.4 is 5.32 Å². The van der Waals surface area contributed by atoms with Crippen LogP contribution >= 0.6 is 12.4 Å². The lowest BCUT2D eigenvalue weighted by Gasteiger charge is -2.24. The maximum atomic E-state index is 3.62. The van der Waals surface area contributed by atoms with Crippen LogP contribution in [0.25, 0.3) is 0 Å². The molecule has 2 atom stereocenters. The minimum atomic E-state index is 0. The SMILES string of the molecule is CC(CCNCCC(C)CC(C)(C)C)CC(C)(C)C.Cl. The molecule has 2 heteroatoms. The molecule has 0 saturated carbocycles. The van der Waals surface area contributed by atoms with Crippen molar-refractivity contribution < 1.29 is 0 Å². The van der Waals surface area contributed by atoms with E-state index in [0.717, 1.165) is 11.8 Å². The molecule has 0 rings (SSSR count). The second-order valence-corrected chi connectivity index (χ2v) is 9.07. The predicted octanol–water partition coefficient (Wildman–Crippen LogP) is 5.92. The summed E-state index contributed by atoms with van der Waals surface area (Å²) in [5, 5.41) is 3.62. The van der Waals surface area contributed by atoms with Gasteiger partial charge in [0.25, 0.3) is 0 Å². The fraction of sp³-hybridized carbons (Fsp3) is 1.00. The van der Waals surface area contributed by atoms with Crippen LogP contribution in [0.5, 0.6) is 0 Å². The summed E-state index contributed by atoms with van der Waals surface area (Å²) < 4.78 is 0. The zero-order chi connectivity index (χ0) is 15.1. The van der Waals surface area contributed by atoms with Crippen LogP contribution in [0.15, 0.2) is 0 Å². The van der Waals surface area contributed by atoms with E-state index < -0.39 is 0 Å². The first-order valence-corrected chi connectivity index (χ1v) is 8.20. The van der Waals surface area contributed by atoms with Gasteiger partial charge in [0.1, 0.15) is 0 Å². The molecule has 0 radical (unpaired) electrons. The molecule has 0 saturated heterocycles. The van der Waals surface area contributed by atoms with Crippen molar-refractivity contribution in [2.24, 2.45) is 22.7 Å². The molecule has 1 nitrogen and oxygen atoms in total. The van der Waals surface area contributed by atoms with Crippen molar-refractivity contribution in [2.75, 3.05) is 13.1 Å². The average molecular weight is 306 g/mol. The molecule has 0 spiro atoms. The van der Waals surface area contributed by atoms with Crippen molar-refractivity contribution in [3.63, 3.8) is 0 Å². The van der Waals surface area contributed by atoms with Gasteiger partial charge in [-0.05, 0) is 61.4 Å². The molecule has 0 bridgehead atoms. The molecule has 0 aliphatic heterocycles. The van der Waals surface area contributed by atoms with Crippen molar-refractivity contribution in [3.05, 3.63) is 0 Å². The third kappa shape index (κ3) is 16.3. The van der Waals surface area contributed by atoms with Crippen LogP contribution in [-0.4, -0.2) is 13.1 Å². The van der Waals surface area contributed by atoms with Gasteiger partial charge in [0, 0.05) is 0 Å². The molecule has 0 heterocycles. The summed E-state index contributed by atoms with van der Waals surface area (Å²) in [7, 11) is 0. The van der Waals surface area contributed by atoms with Gasteiger partial charge >= 0.3 is 0 Å². The summed E-state index contributed by atoms with van der Waals surface area (Å²) in [6.07, 6.45) is 5.28. The van der Waals surface area contributed by atoms with Gasteiger partial charge in [-0.2, -0.15) is 0 Å². The molecule has 0 aliphatic rings. The van der Waals surface area contributed by atoms with E-state index in [9.17, 15) is 0 Å². The highest BCUT2D eigenvalue weighted by atomic mass is 35.5. The van der Waals surface area contributed by atoms with Crippen LogP contribution in [0.3, 0.4) is 0 Å². The fourth-order valence-electron chi connectivity index (χ4n) is 3.12. The molecule has 2 unspecified atom stereocenters. The second kappa shape index (κ2) is 10.1. The summed E-state index contributed by atoms with van der Waals surface area (Å²) in [6.45, 7) is 21.2. The van der Waals surface area contributed by atoms with Crippen molar-refractivity contribution in [2.45, 2.75) is 81.1 Å². The van der Waals surface area contributed by atoms with Crippen molar-refractivity contribution in [3.8, 4) is 0 Å². The number of hydrogen-bond acceptors (Lipinski definition) is 1. The Balaban J connectivity index is 0. The third-order valence-corrected chi connectivity index (χ3v) is 3.55. The minimum absolute atomic E-state index is 0. The Hall–Kier alpha value is 0.250. The zero-order valence-corrected chi connectivity index (χ0v) is 16.1. The Bertz CT molecular complexity index is 201. The molecular formula is C18H40ClN. The highest BCUT2D eigenvalue weighted by molar-refractivity contribution is 5.85. The molecule has 0 aromatic rings. The second-order valence-electron chi connectivity index (χ2n) is 9.07. The van der Waals surface area contributed by atoms with Gasteiger partial charge in [-0.3, -0.25) is 0 Å². The zero-order valence-electron chi connectivity index (χ0n) is 15.3. The lowest BCUT2D eigenvalue weighted by molar-refractivity contribution is 0.286. The first-order valence-electron chi connectivity index (χ1n) is 8.20. The molecule has 0 aromatic carbocycles. The molecule has 0 amide bonds. The number of rotatable bonds is 8. The van der Waals surface area contributed by atoms with E-state index in [0.29, 0.717) is 10.8 Å². The average Bonchev–Trinajstić information content (AvgIpc) is 2.10. The monoisotopic (exact) mass is 305 g/mol. The van der Waals surface area contributed by atoms with Crippen molar-refractivity contribution >= 4 is 12.4 Å². The van der Waals surface area contributed by atoms with Gasteiger partial charge in [0.15, 0.2) is 0 Å². The highest BCUT2D eigenvalue weighted by Gasteiger charge is 2.16. The van der Waals surface area contributed by atoms with Crippen molar-refractivity contribution in [1.29, 1.82) is 0 Å². The first kappa shape index (κ1) is 22.5. The topological polar surface area (TPSA) is 12.0 Å². The van der Waals surface area contributed by atoms with E-state index in [4.69, 9.17) is 0 Å². The molecule has 124 valence electrons. The Morgan fingerprint density at radius 3 is 1.25 bits per heavy atom. The van der Waals surface area contributed by atoms with E-state index in [1.54, 1.807) is 0 Å². The van der Waals surface area contributed by atoms with E-state index in [1.165, 1.54) is 38.8 Å². The Morgan fingerprint density at radius 1 is 0.700 bits per heavy atom. The molecule has 0 aliphatic carbocycles. The summed E-state index contributed by atoms with van der Waals surface area (Å²) in [5.74, 6) is 1.67. The molecule has 20 heavy (non-hydrogen) atoms. The van der Waals surface area contributed by atoms with Crippen LogP contribution in [0.4, 0.5) is 0 Å². The maximum Gasteiger partial charge on any atom is -0.00464 e. The normalized spacial score (nSPS) is 15.6. The van der Waals surface area contributed by atoms with Crippen LogP contribution in [-0.2, 0) is 0 Å².